The summed E-state index contributed by atoms with van der Waals surface area (Å²) in [4.78, 5) is 10.8. The summed E-state index contributed by atoms with van der Waals surface area (Å²) in [6.45, 7) is 2.45. The van der Waals surface area contributed by atoms with Gasteiger partial charge in [-0.2, -0.15) is 0 Å². The molecule has 2 saturated heterocycles. The highest BCUT2D eigenvalue weighted by Gasteiger charge is 2.43. The lowest BCUT2D eigenvalue weighted by Crippen LogP contribution is -2.48. The fraction of sp³-hybridized carbons (Fsp3) is 0.444. The Morgan fingerprint density at radius 2 is 2.29 bits per heavy atom. The fourth-order valence-corrected chi connectivity index (χ4v) is 3.78. The smallest absolute Gasteiger partial charge is 0.147 e. The number of aromatic nitrogens is 2. The molecule has 0 amide bonds. The first-order valence-corrected chi connectivity index (χ1v) is 8.40. The average molecular weight is 328 g/mol. The summed E-state index contributed by atoms with van der Waals surface area (Å²) in [5, 5.41) is 3.40. The van der Waals surface area contributed by atoms with Crippen molar-refractivity contribution >= 4 is 11.5 Å². The molecular formula is C18H21FN4O. The van der Waals surface area contributed by atoms with E-state index >= 15 is 0 Å². The van der Waals surface area contributed by atoms with E-state index in [4.69, 9.17) is 4.74 Å². The summed E-state index contributed by atoms with van der Waals surface area (Å²) in [7, 11) is 0. The number of ether oxygens (including phenoxy) is 1. The van der Waals surface area contributed by atoms with Crippen LogP contribution < -0.4 is 10.2 Å². The van der Waals surface area contributed by atoms with Crippen molar-refractivity contribution in [3.8, 4) is 0 Å². The van der Waals surface area contributed by atoms with Gasteiger partial charge in [-0.25, -0.2) is 9.37 Å². The van der Waals surface area contributed by atoms with Crippen LogP contribution in [0.2, 0.25) is 0 Å². The van der Waals surface area contributed by atoms with Gasteiger partial charge in [0.1, 0.15) is 11.6 Å². The first kappa shape index (κ1) is 15.3. The predicted molar refractivity (Wildman–Crippen MR) is 90.6 cm³/mol. The van der Waals surface area contributed by atoms with Crippen LogP contribution in [0.15, 0.2) is 42.9 Å². The zero-order chi connectivity index (χ0) is 16.4. The minimum atomic E-state index is -0.222. The maximum Gasteiger partial charge on any atom is 0.147 e. The lowest BCUT2D eigenvalue weighted by Gasteiger charge is -2.40. The Kier molecular flexibility index (Phi) is 4.06. The van der Waals surface area contributed by atoms with E-state index in [1.807, 2.05) is 6.07 Å². The third-order valence-electron chi connectivity index (χ3n) is 4.82. The largest absolute Gasteiger partial charge is 0.380 e. The molecule has 1 aromatic heterocycles. The number of piperidine rings is 1. The molecule has 2 aromatic rings. The molecule has 1 spiro atoms. The van der Waals surface area contributed by atoms with E-state index in [-0.39, 0.29) is 17.5 Å². The van der Waals surface area contributed by atoms with Gasteiger partial charge < -0.3 is 15.0 Å². The van der Waals surface area contributed by atoms with Gasteiger partial charge in [0, 0.05) is 37.6 Å². The Hall–Kier alpha value is -2.21. The first-order chi connectivity index (χ1) is 11.7. The molecule has 5 nitrogen and oxygen atoms in total. The van der Waals surface area contributed by atoms with Gasteiger partial charge in [0.05, 0.1) is 24.4 Å². The minimum absolute atomic E-state index is 0.152. The van der Waals surface area contributed by atoms with Crippen molar-refractivity contribution in [2.75, 3.05) is 29.9 Å². The predicted octanol–water partition coefficient (Wildman–Crippen LogP) is 2.86. The molecule has 0 saturated carbocycles. The molecule has 2 atom stereocenters. The van der Waals surface area contributed by atoms with Gasteiger partial charge in [-0.3, -0.25) is 4.98 Å². The summed E-state index contributed by atoms with van der Waals surface area (Å²) >= 11 is 0. The molecule has 126 valence electrons. The van der Waals surface area contributed by atoms with Crippen LogP contribution in [0.25, 0.3) is 0 Å². The molecule has 24 heavy (non-hydrogen) atoms. The molecule has 0 bridgehead atoms. The Bertz CT molecular complexity index is 698. The number of rotatable bonds is 3. The van der Waals surface area contributed by atoms with Crippen LogP contribution in [0.4, 0.5) is 15.9 Å². The van der Waals surface area contributed by atoms with Crippen LogP contribution in [0.1, 0.15) is 19.3 Å². The van der Waals surface area contributed by atoms with Crippen LogP contribution in [-0.2, 0) is 4.74 Å². The molecule has 0 aliphatic carbocycles. The number of nitrogens with one attached hydrogen (secondary N) is 1. The molecule has 2 fully saturated rings. The van der Waals surface area contributed by atoms with E-state index in [9.17, 15) is 4.39 Å². The Morgan fingerprint density at radius 3 is 3.12 bits per heavy atom. The molecule has 2 aliphatic rings. The van der Waals surface area contributed by atoms with Crippen LogP contribution in [-0.4, -0.2) is 41.3 Å². The third kappa shape index (κ3) is 3.19. The number of hydrogen-bond acceptors (Lipinski definition) is 5. The highest BCUT2D eigenvalue weighted by molar-refractivity contribution is 5.44. The van der Waals surface area contributed by atoms with E-state index in [1.165, 1.54) is 12.1 Å². The van der Waals surface area contributed by atoms with Crippen molar-refractivity contribution in [3.05, 3.63) is 48.7 Å². The third-order valence-corrected chi connectivity index (χ3v) is 4.82. The minimum Gasteiger partial charge on any atom is -0.380 e. The maximum atomic E-state index is 13.3. The van der Waals surface area contributed by atoms with E-state index in [0.717, 1.165) is 43.9 Å². The van der Waals surface area contributed by atoms with E-state index < -0.39 is 0 Å². The second kappa shape index (κ2) is 6.36. The van der Waals surface area contributed by atoms with E-state index in [2.05, 4.69) is 20.2 Å². The number of benzene rings is 1. The molecule has 0 radical (unpaired) electrons. The average Bonchev–Trinajstić information content (AvgIpc) is 2.97. The van der Waals surface area contributed by atoms with Gasteiger partial charge in [0.2, 0.25) is 0 Å². The molecule has 1 N–H and O–H groups in total. The lowest BCUT2D eigenvalue weighted by atomic mass is 9.88. The molecular weight excluding hydrogens is 307 g/mol. The molecule has 1 aromatic carbocycles. The van der Waals surface area contributed by atoms with E-state index in [0.29, 0.717) is 6.61 Å². The summed E-state index contributed by atoms with van der Waals surface area (Å²) in [5.74, 6) is 0.682. The summed E-state index contributed by atoms with van der Waals surface area (Å²) < 4.78 is 19.5. The van der Waals surface area contributed by atoms with Gasteiger partial charge in [0.25, 0.3) is 0 Å². The van der Waals surface area contributed by atoms with Gasteiger partial charge in [-0.05, 0) is 31.0 Å². The Balaban J connectivity index is 1.43. The van der Waals surface area contributed by atoms with Gasteiger partial charge in [0.15, 0.2) is 0 Å². The highest BCUT2D eigenvalue weighted by Crippen LogP contribution is 2.36. The van der Waals surface area contributed by atoms with Crippen molar-refractivity contribution in [3.63, 3.8) is 0 Å². The van der Waals surface area contributed by atoms with Crippen molar-refractivity contribution < 1.29 is 9.13 Å². The van der Waals surface area contributed by atoms with Crippen LogP contribution in [0, 0.1) is 5.82 Å². The van der Waals surface area contributed by atoms with Crippen LogP contribution in [0.5, 0.6) is 0 Å². The first-order valence-electron chi connectivity index (χ1n) is 8.40. The normalized spacial score (nSPS) is 26.7. The second-order valence-electron chi connectivity index (χ2n) is 6.64. The van der Waals surface area contributed by atoms with Crippen molar-refractivity contribution in [1.29, 1.82) is 0 Å². The quantitative estimate of drug-likeness (QED) is 0.939. The van der Waals surface area contributed by atoms with Crippen LogP contribution in [0.3, 0.4) is 0 Å². The lowest BCUT2D eigenvalue weighted by molar-refractivity contribution is -0.00652. The number of hydrogen-bond donors (Lipinski definition) is 1. The van der Waals surface area contributed by atoms with Crippen LogP contribution >= 0.6 is 0 Å². The molecule has 0 unspecified atom stereocenters. The molecule has 2 aliphatic heterocycles. The van der Waals surface area contributed by atoms with Crippen molar-refractivity contribution in [1.82, 2.24) is 9.97 Å². The SMILES string of the molecule is Fc1cccc(N[C@H]2CO[C@]3(CCCN(c4cnccn4)C3)C2)c1. The number of halogens is 1. The summed E-state index contributed by atoms with van der Waals surface area (Å²) in [6.07, 6.45) is 8.25. The summed E-state index contributed by atoms with van der Waals surface area (Å²) in [5.41, 5.74) is 0.656. The standard InChI is InChI=1S/C18H21FN4O/c19-14-3-1-4-15(9-14)22-16-10-18(24-12-16)5-2-8-23(13-18)17-11-20-6-7-21-17/h1,3-4,6-7,9,11,16,22H,2,5,8,10,12-13H2/t16-,18-/m1/s1. The topological polar surface area (TPSA) is 50.3 Å². The molecule has 6 heteroatoms. The van der Waals surface area contributed by atoms with Gasteiger partial charge in [-0.1, -0.05) is 6.07 Å². The molecule has 3 heterocycles. The zero-order valence-electron chi connectivity index (χ0n) is 13.5. The van der Waals surface area contributed by atoms with Gasteiger partial charge in [-0.15, -0.1) is 0 Å². The Labute approximate surface area is 140 Å². The monoisotopic (exact) mass is 328 g/mol. The summed E-state index contributed by atoms with van der Waals surface area (Å²) in [6, 6.07) is 6.80. The maximum absolute atomic E-state index is 13.3. The molecule has 4 rings (SSSR count). The van der Waals surface area contributed by atoms with Gasteiger partial charge >= 0.3 is 0 Å². The number of anilines is 2. The fourth-order valence-electron chi connectivity index (χ4n) is 3.78. The zero-order valence-corrected chi connectivity index (χ0v) is 13.5. The number of nitrogens with zero attached hydrogens (tertiary/aromatic N) is 3. The van der Waals surface area contributed by atoms with Crippen molar-refractivity contribution in [2.45, 2.75) is 30.9 Å². The Morgan fingerprint density at radius 1 is 1.33 bits per heavy atom. The highest BCUT2D eigenvalue weighted by atomic mass is 19.1. The second-order valence-corrected chi connectivity index (χ2v) is 6.64. The van der Waals surface area contributed by atoms with E-state index in [1.54, 1.807) is 24.7 Å². The van der Waals surface area contributed by atoms with Crippen molar-refractivity contribution in [2.24, 2.45) is 0 Å².